The number of carboxylic acids is 1. The lowest BCUT2D eigenvalue weighted by molar-refractivity contribution is -0.158. The number of hydrogen-bond acceptors (Lipinski definition) is 3. The van der Waals surface area contributed by atoms with E-state index in [2.05, 4.69) is 10.6 Å². The van der Waals surface area contributed by atoms with Gasteiger partial charge in [-0.05, 0) is 43.4 Å². The van der Waals surface area contributed by atoms with Crippen molar-refractivity contribution in [3.05, 3.63) is 29.8 Å². The number of rotatable bonds is 6. The summed E-state index contributed by atoms with van der Waals surface area (Å²) in [7, 11) is 0. The van der Waals surface area contributed by atoms with Crippen LogP contribution in [0.15, 0.2) is 24.3 Å². The Hall–Kier alpha value is -2.37. The first-order valence-corrected chi connectivity index (χ1v) is 8.93. The van der Waals surface area contributed by atoms with Crippen molar-refractivity contribution in [2.45, 2.75) is 51.5 Å². The largest absolute Gasteiger partial charge is 0.480 e. The summed E-state index contributed by atoms with van der Waals surface area (Å²) in [6.07, 6.45) is 5.25. The average Bonchev–Trinajstić information content (AvgIpc) is 3.46. The quantitative estimate of drug-likeness (QED) is 0.691. The van der Waals surface area contributed by atoms with Gasteiger partial charge in [-0.2, -0.15) is 0 Å². The molecule has 0 radical (unpaired) electrons. The highest BCUT2D eigenvalue weighted by Gasteiger charge is 2.46. The summed E-state index contributed by atoms with van der Waals surface area (Å²) in [6, 6.07) is 7.26. The van der Waals surface area contributed by atoms with E-state index >= 15 is 0 Å². The molecule has 0 heterocycles. The molecule has 2 fully saturated rings. The molecule has 0 aromatic heterocycles. The van der Waals surface area contributed by atoms with Gasteiger partial charge >= 0.3 is 5.97 Å². The fourth-order valence-electron chi connectivity index (χ4n) is 3.34. The molecule has 6 nitrogen and oxygen atoms in total. The monoisotopic (exact) mass is 344 g/mol. The first-order chi connectivity index (χ1) is 12.0. The molecule has 0 spiro atoms. The van der Waals surface area contributed by atoms with E-state index in [1.807, 2.05) is 12.1 Å². The highest BCUT2D eigenvalue weighted by atomic mass is 16.4. The van der Waals surface area contributed by atoms with E-state index in [1.54, 1.807) is 12.1 Å². The molecular formula is C19H24N2O4. The van der Waals surface area contributed by atoms with Gasteiger partial charge in [-0.1, -0.05) is 31.4 Å². The SMILES string of the molecule is O=C(Nc1ccc(CNC(=O)C2(C(=O)O)CCCCC2)cc1)C1CC1. The molecule has 6 heteroatoms. The molecule has 0 aliphatic heterocycles. The smallest absolute Gasteiger partial charge is 0.319 e. The van der Waals surface area contributed by atoms with Crippen LogP contribution in [0.5, 0.6) is 0 Å². The summed E-state index contributed by atoms with van der Waals surface area (Å²) in [4.78, 5) is 35.8. The number of carbonyl (C=O) groups is 3. The Labute approximate surface area is 147 Å². The van der Waals surface area contributed by atoms with Crippen molar-refractivity contribution in [3.8, 4) is 0 Å². The number of carboxylic acid groups (broad SMARTS) is 1. The summed E-state index contributed by atoms with van der Waals surface area (Å²) in [5, 5.41) is 15.2. The summed E-state index contributed by atoms with van der Waals surface area (Å²) < 4.78 is 0. The fraction of sp³-hybridized carbons (Fsp3) is 0.526. The molecule has 0 unspecified atom stereocenters. The van der Waals surface area contributed by atoms with Crippen LogP contribution in [0.3, 0.4) is 0 Å². The van der Waals surface area contributed by atoms with Crippen LogP contribution in [-0.4, -0.2) is 22.9 Å². The minimum atomic E-state index is -1.28. The lowest BCUT2D eigenvalue weighted by Gasteiger charge is -2.31. The Bertz CT molecular complexity index is 659. The molecule has 0 atom stereocenters. The molecule has 3 rings (SSSR count). The summed E-state index contributed by atoms with van der Waals surface area (Å²) in [5.41, 5.74) is 0.326. The van der Waals surface area contributed by atoms with Gasteiger partial charge in [-0.3, -0.25) is 14.4 Å². The zero-order valence-corrected chi connectivity index (χ0v) is 14.2. The third-order valence-electron chi connectivity index (χ3n) is 5.17. The van der Waals surface area contributed by atoms with Gasteiger partial charge in [0.1, 0.15) is 5.41 Å². The maximum atomic E-state index is 12.5. The standard InChI is InChI=1S/C19H24N2O4/c22-16(14-6-7-14)21-15-8-4-13(5-9-15)12-20-17(23)19(18(24)25)10-2-1-3-11-19/h4-5,8-9,14H,1-3,6-7,10-12H2,(H,20,23)(H,21,22)(H,24,25). The van der Waals surface area contributed by atoms with Crippen LogP contribution < -0.4 is 10.6 Å². The summed E-state index contributed by atoms with van der Waals surface area (Å²) in [5.74, 6) is -1.21. The van der Waals surface area contributed by atoms with Crippen molar-refractivity contribution in [2.24, 2.45) is 11.3 Å². The van der Waals surface area contributed by atoms with E-state index in [0.29, 0.717) is 12.8 Å². The summed E-state index contributed by atoms with van der Waals surface area (Å²) in [6.45, 7) is 0.282. The fourth-order valence-corrected chi connectivity index (χ4v) is 3.34. The normalized spacial score (nSPS) is 19.0. The van der Waals surface area contributed by atoms with Gasteiger partial charge < -0.3 is 15.7 Å². The second-order valence-corrected chi connectivity index (χ2v) is 7.09. The van der Waals surface area contributed by atoms with Crippen molar-refractivity contribution in [1.29, 1.82) is 0 Å². The molecule has 3 N–H and O–H groups in total. The van der Waals surface area contributed by atoms with Gasteiger partial charge in [0.25, 0.3) is 0 Å². The molecule has 2 saturated carbocycles. The molecule has 2 aliphatic carbocycles. The lowest BCUT2D eigenvalue weighted by atomic mass is 9.73. The zero-order chi connectivity index (χ0) is 17.9. The van der Waals surface area contributed by atoms with Crippen LogP contribution >= 0.6 is 0 Å². The number of nitrogens with one attached hydrogen (secondary N) is 2. The van der Waals surface area contributed by atoms with E-state index in [1.165, 1.54) is 0 Å². The van der Waals surface area contributed by atoms with Crippen molar-refractivity contribution < 1.29 is 19.5 Å². The number of carbonyl (C=O) groups excluding carboxylic acids is 2. The first kappa shape index (κ1) is 17.5. The van der Waals surface area contributed by atoms with Gasteiger partial charge in [0.05, 0.1) is 0 Å². The molecule has 2 aliphatic rings. The second kappa shape index (κ2) is 7.25. The average molecular weight is 344 g/mol. The lowest BCUT2D eigenvalue weighted by Crippen LogP contribution is -2.47. The van der Waals surface area contributed by atoms with Crippen molar-refractivity contribution in [3.63, 3.8) is 0 Å². The van der Waals surface area contributed by atoms with Crippen LogP contribution in [0.2, 0.25) is 0 Å². The third-order valence-corrected chi connectivity index (χ3v) is 5.17. The number of anilines is 1. The Morgan fingerprint density at radius 2 is 1.68 bits per heavy atom. The topological polar surface area (TPSA) is 95.5 Å². The third kappa shape index (κ3) is 4.00. The molecule has 0 saturated heterocycles. The van der Waals surface area contributed by atoms with E-state index in [-0.39, 0.29) is 18.4 Å². The van der Waals surface area contributed by atoms with Gasteiger partial charge in [-0.25, -0.2) is 0 Å². The van der Waals surface area contributed by atoms with E-state index in [0.717, 1.165) is 43.4 Å². The van der Waals surface area contributed by atoms with Gasteiger partial charge in [0, 0.05) is 18.2 Å². The highest BCUT2D eigenvalue weighted by Crippen LogP contribution is 2.37. The Morgan fingerprint density at radius 1 is 1.04 bits per heavy atom. The number of amides is 2. The molecule has 1 aromatic rings. The van der Waals surface area contributed by atoms with Gasteiger partial charge in [0.15, 0.2) is 0 Å². The predicted octanol–water partition coefficient (Wildman–Crippen LogP) is 2.69. The molecule has 1 aromatic carbocycles. The Kier molecular flexibility index (Phi) is 5.06. The van der Waals surface area contributed by atoms with Crippen LogP contribution in [0, 0.1) is 11.3 Å². The second-order valence-electron chi connectivity index (χ2n) is 7.09. The van der Waals surface area contributed by atoms with Crippen LogP contribution in [0.4, 0.5) is 5.69 Å². The highest BCUT2D eigenvalue weighted by molar-refractivity contribution is 6.02. The number of hydrogen-bond donors (Lipinski definition) is 3. The number of aliphatic carboxylic acids is 1. The maximum absolute atomic E-state index is 12.5. The van der Waals surface area contributed by atoms with E-state index in [4.69, 9.17) is 0 Å². The van der Waals surface area contributed by atoms with Gasteiger partial charge in [-0.15, -0.1) is 0 Å². The van der Waals surface area contributed by atoms with Crippen molar-refractivity contribution in [1.82, 2.24) is 5.32 Å². The van der Waals surface area contributed by atoms with Crippen LogP contribution in [0.1, 0.15) is 50.5 Å². The Balaban J connectivity index is 1.56. The minimum Gasteiger partial charge on any atom is -0.480 e. The Morgan fingerprint density at radius 3 is 2.24 bits per heavy atom. The van der Waals surface area contributed by atoms with Crippen LogP contribution in [0.25, 0.3) is 0 Å². The molecule has 134 valence electrons. The predicted molar refractivity (Wildman–Crippen MR) is 92.8 cm³/mol. The number of benzene rings is 1. The van der Waals surface area contributed by atoms with Gasteiger partial charge in [0.2, 0.25) is 11.8 Å². The molecule has 0 bridgehead atoms. The maximum Gasteiger partial charge on any atom is 0.319 e. The zero-order valence-electron chi connectivity index (χ0n) is 14.2. The van der Waals surface area contributed by atoms with E-state index in [9.17, 15) is 19.5 Å². The summed E-state index contributed by atoms with van der Waals surface area (Å²) >= 11 is 0. The van der Waals surface area contributed by atoms with Crippen molar-refractivity contribution in [2.75, 3.05) is 5.32 Å². The molecule has 25 heavy (non-hydrogen) atoms. The van der Waals surface area contributed by atoms with Crippen LogP contribution in [-0.2, 0) is 20.9 Å². The molecular weight excluding hydrogens is 320 g/mol. The van der Waals surface area contributed by atoms with Crippen molar-refractivity contribution >= 4 is 23.5 Å². The first-order valence-electron chi connectivity index (χ1n) is 8.93. The minimum absolute atomic E-state index is 0.0572. The van der Waals surface area contributed by atoms with E-state index < -0.39 is 17.3 Å². The molecule has 2 amide bonds.